The number of anilines is 1. The smallest absolute Gasteiger partial charge is 0.345 e. The summed E-state index contributed by atoms with van der Waals surface area (Å²) in [5, 5.41) is 12.7. The molecule has 1 aromatic carbocycles. The number of rotatable bonds is 4. The Morgan fingerprint density at radius 3 is 2.95 bits per heavy atom. The maximum Gasteiger partial charge on any atom is 0.345 e. The van der Waals surface area contributed by atoms with Crippen LogP contribution in [-0.2, 0) is 9.53 Å². The van der Waals surface area contributed by atoms with Gasteiger partial charge in [0.25, 0.3) is 0 Å². The van der Waals surface area contributed by atoms with E-state index < -0.39 is 5.97 Å². The molecule has 1 aliphatic rings. The molecule has 0 spiro atoms. The highest BCUT2D eigenvalue weighted by Gasteiger charge is 2.19. The average molecular weight is 305 g/mol. The van der Waals surface area contributed by atoms with Crippen LogP contribution in [0.25, 0.3) is 10.1 Å². The van der Waals surface area contributed by atoms with Gasteiger partial charge in [-0.25, -0.2) is 4.79 Å². The van der Waals surface area contributed by atoms with Crippen LogP contribution in [0.15, 0.2) is 24.3 Å². The molecule has 21 heavy (non-hydrogen) atoms. The molecule has 3 rings (SSSR count). The van der Waals surface area contributed by atoms with E-state index in [-0.39, 0.29) is 12.0 Å². The molecule has 0 bridgehead atoms. The molecule has 1 saturated heterocycles. The van der Waals surface area contributed by atoms with Crippen LogP contribution >= 0.6 is 11.3 Å². The first kappa shape index (κ1) is 14.0. The second kappa shape index (κ2) is 5.83. The van der Waals surface area contributed by atoms with Gasteiger partial charge in [0.2, 0.25) is 5.91 Å². The van der Waals surface area contributed by atoms with E-state index in [0.717, 1.165) is 29.5 Å². The summed E-state index contributed by atoms with van der Waals surface area (Å²) >= 11 is 1.23. The molecule has 0 radical (unpaired) electrons. The van der Waals surface area contributed by atoms with Crippen LogP contribution in [0, 0.1) is 0 Å². The van der Waals surface area contributed by atoms with Gasteiger partial charge in [0.05, 0.1) is 12.5 Å². The summed E-state index contributed by atoms with van der Waals surface area (Å²) in [6, 6.07) is 7.04. The third kappa shape index (κ3) is 3.22. The molecule has 1 aliphatic heterocycles. The zero-order chi connectivity index (χ0) is 14.8. The summed E-state index contributed by atoms with van der Waals surface area (Å²) in [4.78, 5) is 23.2. The molecule has 2 aromatic rings. The van der Waals surface area contributed by atoms with Crippen LogP contribution in [-0.4, -0.2) is 29.7 Å². The Morgan fingerprint density at radius 1 is 1.38 bits per heavy atom. The van der Waals surface area contributed by atoms with Crippen molar-refractivity contribution in [3.8, 4) is 0 Å². The number of hydrogen-bond donors (Lipinski definition) is 2. The zero-order valence-corrected chi connectivity index (χ0v) is 12.1. The Kier molecular flexibility index (Phi) is 3.90. The maximum absolute atomic E-state index is 11.9. The maximum atomic E-state index is 11.9. The van der Waals surface area contributed by atoms with Crippen molar-refractivity contribution in [2.45, 2.75) is 25.4 Å². The van der Waals surface area contributed by atoms with Crippen LogP contribution in [0.1, 0.15) is 28.9 Å². The second-order valence-corrected chi connectivity index (χ2v) is 6.14. The van der Waals surface area contributed by atoms with Crippen LogP contribution in [0.3, 0.4) is 0 Å². The number of carbonyl (C=O) groups excluding carboxylic acids is 1. The predicted octanol–water partition coefficient (Wildman–Crippen LogP) is 3.11. The van der Waals surface area contributed by atoms with E-state index in [1.807, 2.05) is 6.07 Å². The number of thiophene rings is 1. The van der Waals surface area contributed by atoms with Crippen molar-refractivity contribution in [2.24, 2.45) is 0 Å². The molecule has 2 heterocycles. The van der Waals surface area contributed by atoms with Gasteiger partial charge in [0.1, 0.15) is 4.88 Å². The number of aromatic carboxylic acids is 1. The number of benzene rings is 1. The van der Waals surface area contributed by atoms with Gasteiger partial charge in [-0.2, -0.15) is 0 Å². The molecule has 1 atom stereocenters. The van der Waals surface area contributed by atoms with Crippen LogP contribution in [0.5, 0.6) is 0 Å². The molecule has 110 valence electrons. The van der Waals surface area contributed by atoms with Gasteiger partial charge in [0.15, 0.2) is 0 Å². The molecular weight excluding hydrogens is 290 g/mol. The number of carbonyl (C=O) groups is 2. The lowest BCUT2D eigenvalue weighted by atomic mass is 10.1. The monoisotopic (exact) mass is 305 g/mol. The Morgan fingerprint density at radius 2 is 2.24 bits per heavy atom. The molecule has 2 N–H and O–H groups in total. The summed E-state index contributed by atoms with van der Waals surface area (Å²) in [6.07, 6.45) is 2.33. The highest BCUT2D eigenvalue weighted by atomic mass is 32.1. The topological polar surface area (TPSA) is 75.6 Å². The van der Waals surface area contributed by atoms with Gasteiger partial charge in [-0.1, -0.05) is 0 Å². The van der Waals surface area contributed by atoms with Gasteiger partial charge < -0.3 is 15.2 Å². The van der Waals surface area contributed by atoms with E-state index in [1.54, 1.807) is 18.2 Å². The van der Waals surface area contributed by atoms with Gasteiger partial charge in [0, 0.05) is 17.0 Å². The molecule has 5 nitrogen and oxygen atoms in total. The number of hydrogen-bond acceptors (Lipinski definition) is 4. The van der Waals surface area contributed by atoms with Crippen LogP contribution in [0.2, 0.25) is 0 Å². The number of carboxylic acid groups (broad SMARTS) is 1. The summed E-state index contributed by atoms with van der Waals surface area (Å²) in [5.74, 6) is -1.00. The lowest BCUT2D eigenvalue weighted by molar-refractivity contribution is -0.118. The number of ether oxygens (including phenoxy) is 1. The zero-order valence-electron chi connectivity index (χ0n) is 11.3. The van der Waals surface area contributed by atoms with E-state index >= 15 is 0 Å². The number of carboxylic acids is 1. The van der Waals surface area contributed by atoms with Crippen molar-refractivity contribution in [2.75, 3.05) is 11.9 Å². The third-order valence-corrected chi connectivity index (χ3v) is 4.55. The summed E-state index contributed by atoms with van der Waals surface area (Å²) < 4.78 is 6.33. The van der Waals surface area contributed by atoms with E-state index in [4.69, 9.17) is 9.84 Å². The molecule has 0 saturated carbocycles. The normalized spacial score (nSPS) is 18.0. The Hall–Kier alpha value is -1.92. The fourth-order valence-corrected chi connectivity index (χ4v) is 3.33. The summed E-state index contributed by atoms with van der Waals surface area (Å²) in [7, 11) is 0. The van der Waals surface area contributed by atoms with Crippen molar-refractivity contribution >= 4 is 39.0 Å². The number of amides is 1. The lowest BCUT2D eigenvalue weighted by Crippen LogP contribution is -2.19. The number of nitrogens with one attached hydrogen (secondary N) is 1. The fraction of sp³-hybridized carbons (Fsp3) is 0.333. The van der Waals surface area contributed by atoms with Crippen molar-refractivity contribution in [1.29, 1.82) is 0 Å². The van der Waals surface area contributed by atoms with E-state index in [9.17, 15) is 9.59 Å². The molecule has 1 fully saturated rings. The van der Waals surface area contributed by atoms with Gasteiger partial charge >= 0.3 is 5.97 Å². The number of fused-ring (bicyclic) bond motifs is 1. The first-order valence-electron chi connectivity index (χ1n) is 6.80. The fourth-order valence-electron chi connectivity index (χ4n) is 2.45. The summed E-state index contributed by atoms with van der Waals surface area (Å²) in [6.45, 7) is 0.733. The van der Waals surface area contributed by atoms with Gasteiger partial charge in [-0.15, -0.1) is 11.3 Å². The summed E-state index contributed by atoms with van der Waals surface area (Å²) in [5.41, 5.74) is 0.681. The van der Waals surface area contributed by atoms with Crippen LogP contribution < -0.4 is 5.32 Å². The van der Waals surface area contributed by atoms with E-state index in [2.05, 4.69) is 5.32 Å². The third-order valence-electron chi connectivity index (χ3n) is 3.45. The van der Waals surface area contributed by atoms with Crippen molar-refractivity contribution in [3.05, 3.63) is 29.1 Å². The van der Waals surface area contributed by atoms with E-state index in [0.29, 0.717) is 17.0 Å². The standard InChI is InChI=1S/C15H15NO4S/c17-14(8-11-2-1-5-20-11)16-10-3-4-12-9(6-10)7-13(21-12)15(18)19/h3-4,6-7,11H,1-2,5,8H2,(H,16,17)(H,18,19). The largest absolute Gasteiger partial charge is 0.477 e. The molecule has 1 aromatic heterocycles. The first-order chi connectivity index (χ1) is 10.1. The second-order valence-electron chi connectivity index (χ2n) is 5.06. The highest BCUT2D eigenvalue weighted by molar-refractivity contribution is 7.20. The van der Waals surface area contributed by atoms with Crippen LogP contribution in [0.4, 0.5) is 5.69 Å². The Labute approximate surface area is 125 Å². The van der Waals surface area contributed by atoms with E-state index in [1.165, 1.54) is 11.3 Å². The predicted molar refractivity (Wildman–Crippen MR) is 81.0 cm³/mol. The Balaban J connectivity index is 1.71. The van der Waals surface area contributed by atoms with Crippen molar-refractivity contribution in [3.63, 3.8) is 0 Å². The minimum atomic E-state index is -0.930. The quantitative estimate of drug-likeness (QED) is 0.910. The first-order valence-corrected chi connectivity index (χ1v) is 7.62. The Bertz CT molecular complexity index is 688. The average Bonchev–Trinajstić information content (AvgIpc) is 3.06. The molecular formula is C15H15NO4S. The molecule has 1 unspecified atom stereocenters. The molecule has 0 aliphatic carbocycles. The van der Waals surface area contributed by atoms with Gasteiger partial charge in [-0.3, -0.25) is 4.79 Å². The lowest BCUT2D eigenvalue weighted by Gasteiger charge is -2.09. The van der Waals surface area contributed by atoms with Crippen molar-refractivity contribution in [1.82, 2.24) is 0 Å². The molecule has 6 heteroatoms. The minimum Gasteiger partial charge on any atom is -0.477 e. The SMILES string of the molecule is O=C(CC1CCCO1)Nc1ccc2sc(C(=O)O)cc2c1. The molecule has 1 amide bonds. The minimum absolute atomic E-state index is 0.0218. The van der Waals surface area contributed by atoms with Gasteiger partial charge in [-0.05, 0) is 42.5 Å². The highest BCUT2D eigenvalue weighted by Crippen LogP contribution is 2.28. The van der Waals surface area contributed by atoms with Crippen molar-refractivity contribution < 1.29 is 19.4 Å².